The number of carbonyl (C=O) groups is 1. The van der Waals surface area contributed by atoms with Gasteiger partial charge in [-0.2, -0.15) is 5.10 Å². The van der Waals surface area contributed by atoms with E-state index in [1.807, 2.05) is 13.0 Å². The average molecular weight is 310 g/mol. The van der Waals surface area contributed by atoms with Crippen molar-refractivity contribution >= 4 is 33.5 Å². The van der Waals surface area contributed by atoms with Gasteiger partial charge in [0.1, 0.15) is 5.82 Å². The third-order valence-electron chi connectivity index (χ3n) is 2.23. The highest BCUT2D eigenvalue weighted by Crippen LogP contribution is 2.16. The van der Waals surface area contributed by atoms with Crippen molar-refractivity contribution in [3.63, 3.8) is 0 Å². The molecule has 0 unspecified atom stereocenters. The van der Waals surface area contributed by atoms with Gasteiger partial charge in [0.05, 0.1) is 17.6 Å². The van der Waals surface area contributed by atoms with Crippen molar-refractivity contribution in [1.82, 2.24) is 14.8 Å². The summed E-state index contributed by atoms with van der Waals surface area (Å²) in [5.74, 6) is 0.497. The Balaban J connectivity index is 2.00. The highest BCUT2D eigenvalue weighted by atomic mass is 79.9. The van der Waals surface area contributed by atoms with E-state index in [2.05, 4.69) is 36.6 Å². The fraction of sp³-hybridized carbons (Fsp3) is 0.182. The van der Waals surface area contributed by atoms with Crippen molar-refractivity contribution in [3.05, 3.63) is 34.7 Å². The highest BCUT2D eigenvalue weighted by molar-refractivity contribution is 9.10. The van der Waals surface area contributed by atoms with E-state index in [1.54, 1.807) is 30.2 Å². The number of rotatable bonds is 2. The van der Waals surface area contributed by atoms with Crippen molar-refractivity contribution in [3.8, 4) is 0 Å². The molecule has 2 N–H and O–H groups in total. The fourth-order valence-corrected chi connectivity index (χ4v) is 1.60. The molecule has 0 radical (unpaired) electrons. The van der Waals surface area contributed by atoms with E-state index < -0.39 is 0 Å². The van der Waals surface area contributed by atoms with E-state index >= 15 is 0 Å². The summed E-state index contributed by atoms with van der Waals surface area (Å²) < 4.78 is 2.51. The zero-order chi connectivity index (χ0) is 13.1. The van der Waals surface area contributed by atoms with Gasteiger partial charge in [-0.25, -0.2) is 9.78 Å². The number of halogens is 1. The molecule has 0 saturated heterocycles. The summed E-state index contributed by atoms with van der Waals surface area (Å²) in [6, 6.07) is 3.21. The van der Waals surface area contributed by atoms with Crippen LogP contribution >= 0.6 is 15.9 Å². The van der Waals surface area contributed by atoms with Gasteiger partial charge in [-0.3, -0.25) is 10.00 Å². The smallest absolute Gasteiger partial charge is 0.305 e. The SMILES string of the molecule is Cc1nc(NC(=O)Nc2cnn(C)c2)ccc1Br. The number of aryl methyl sites for hydroxylation is 2. The number of aromatic nitrogens is 3. The molecule has 0 bridgehead atoms. The Morgan fingerprint density at radius 1 is 1.39 bits per heavy atom. The molecule has 0 atom stereocenters. The van der Waals surface area contributed by atoms with Crippen LogP contribution in [-0.2, 0) is 7.05 Å². The Hall–Kier alpha value is -1.89. The molecule has 0 aliphatic rings. The van der Waals surface area contributed by atoms with Crippen LogP contribution in [0.2, 0.25) is 0 Å². The van der Waals surface area contributed by atoms with Crippen LogP contribution in [0.15, 0.2) is 29.0 Å². The predicted octanol–water partition coefficient (Wildman–Crippen LogP) is 2.53. The molecule has 2 amide bonds. The summed E-state index contributed by atoms with van der Waals surface area (Å²) in [6.07, 6.45) is 3.28. The number of nitrogens with one attached hydrogen (secondary N) is 2. The maximum atomic E-state index is 11.7. The molecule has 2 aromatic heterocycles. The maximum absolute atomic E-state index is 11.7. The zero-order valence-corrected chi connectivity index (χ0v) is 11.5. The summed E-state index contributed by atoms with van der Waals surface area (Å²) in [4.78, 5) is 15.9. The van der Waals surface area contributed by atoms with E-state index in [-0.39, 0.29) is 6.03 Å². The Morgan fingerprint density at radius 2 is 2.17 bits per heavy atom. The minimum atomic E-state index is -0.350. The molecule has 2 heterocycles. The first-order valence-corrected chi connectivity index (χ1v) is 6.03. The molecule has 6 nitrogen and oxygen atoms in total. The van der Waals surface area contributed by atoms with Gasteiger partial charge < -0.3 is 5.32 Å². The van der Waals surface area contributed by atoms with Gasteiger partial charge in [0.15, 0.2) is 0 Å². The minimum Gasteiger partial charge on any atom is -0.305 e. The first-order valence-electron chi connectivity index (χ1n) is 5.24. The standard InChI is InChI=1S/C11H12BrN5O/c1-7-9(12)3-4-10(14-7)16-11(18)15-8-5-13-17(2)6-8/h3-6H,1-2H3,(H2,14,15,16,18). The van der Waals surface area contributed by atoms with Crippen LogP contribution in [0.1, 0.15) is 5.69 Å². The molecule has 94 valence electrons. The Morgan fingerprint density at radius 3 is 2.78 bits per heavy atom. The number of hydrogen-bond donors (Lipinski definition) is 2. The number of urea groups is 1. The molecular weight excluding hydrogens is 298 g/mol. The van der Waals surface area contributed by atoms with Crippen LogP contribution in [0.4, 0.5) is 16.3 Å². The van der Waals surface area contributed by atoms with Crippen molar-refractivity contribution in [2.24, 2.45) is 7.05 Å². The van der Waals surface area contributed by atoms with Gasteiger partial charge >= 0.3 is 6.03 Å². The van der Waals surface area contributed by atoms with E-state index in [9.17, 15) is 4.79 Å². The normalized spacial score (nSPS) is 10.2. The first-order chi connectivity index (χ1) is 8.54. The van der Waals surface area contributed by atoms with Crippen LogP contribution in [0.25, 0.3) is 0 Å². The van der Waals surface area contributed by atoms with Crippen LogP contribution < -0.4 is 10.6 Å². The molecule has 0 aliphatic heterocycles. The van der Waals surface area contributed by atoms with E-state index in [0.717, 1.165) is 10.2 Å². The van der Waals surface area contributed by atoms with Crippen molar-refractivity contribution in [1.29, 1.82) is 0 Å². The summed E-state index contributed by atoms with van der Waals surface area (Å²) in [5, 5.41) is 9.26. The minimum absolute atomic E-state index is 0.350. The number of nitrogens with zero attached hydrogens (tertiary/aromatic N) is 3. The largest absolute Gasteiger partial charge is 0.324 e. The highest BCUT2D eigenvalue weighted by Gasteiger charge is 2.05. The van der Waals surface area contributed by atoms with Crippen molar-refractivity contribution in [2.45, 2.75) is 6.92 Å². The third kappa shape index (κ3) is 3.07. The molecule has 0 aliphatic carbocycles. The summed E-state index contributed by atoms with van der Waals surface area (Å²) in [6.45, 7) is 1.86. The van der Waals surface area contributed by atoms with Crippen LogP contribution in [0.3, 0.4) is 0 Å². The lowest BCUT2D eigenvalue weighted by molar-refractivity contribution is 0.262. The maximum Gasteiger partial charge on any atom is 0.324 e. The lowest BCUT2D eigenvalue weighted by Gasteiger charge is -2.06. The number of carbonyl (C=O) groups excluding carboxylic acids is 1. The predicted molar refractivity (Wildman–Crippen MR) is 72.5 cm³/mol. The molecule has 0 fully saturated rings. The average Bonchev–Trinajstić information content (AvgIpc) is 2.69. The van der Waals surface area contributed by atoms with Gasteiger partial charge in [-0.05, 0) is 35.0 Å². The molecule has 18 heavy (non-hydrogen) atoms. The van der Waals surface area contributed by atoms with Crippen molar-refractivity contribution < 1.29 is 4.79 Å². The number of anilines is 2. The van der Waals surface area contributed by atoms with E-state index in [4.69, 9.17) is 0 Å². The summed E-state index contributed by atoms with van der Waals surface area (Å²) in [7, 11) is 1.78. The second-order valence-electron chi connectivity index (χ2n) is 3.75. The number of hydrogen-bond acceptors (Lipinski definition) is 3. The van der Waals surface area contributed by atoms with Crippen molar-refractivity contribution in [2.75, 3.05) is 10.6 Å². The molecule has 0 aromatic carbocycles. The van der Waals surface area contributed by atoms with Crippen LogP contribution in [0, 0.1) is 6.92 Å². The second kappa shape index (κ2) is 5.18. The summed E-state index contributed by atoms with van der Waals surface area (Å²) >= 11 is 3.35. The van der Waals surface area contributed by atoms with Gasteiger partial charge in [0, 0.05) is 17.7 Å². The Labute approximate surface area is 113 Å². The fourth-order valence-electron chi connectivity index (χ4n) is 1.38. The molecular formula is C11H12BrN5O. The Kier molecular flexibility index (Phi) is 3.61. The molecule has 2 aromatic rings. The topological polar surface area (TPSA) is 71.8 Å². The molecule has 2 rings (SSSR count). The molecule has 0 spiro atoms. The second-order valence-corrected chi connectivity index (χ2v) is 4.60. The lowest BCUT2D eigenvalue weighted by atomic mass is 10.4. The van der Waals surface area contributed by atoms with Gasteiger partial charge in [0.25, 0.3) is 0 Å². The van der Waals surface area contributed by atoms with Gasteiger partial charge in [-0.1, -0.05) is 0 Å². The van der Waals surface area contributed by atoms with E-state index in [0.29, 0.717) is 11.5 Å². The zero-order valence-electron chi connectivity index (χ0n) is 9.94. The Bertz CT molecular complexity index is 581. The number of amides is 2. The quantitative estimate of drug-likeness (QED) is 0.895. The lowest BCUT2D eigenvalue weighted by Crippen LogP contribution is -2.20. The molecule has 0 saturated carbocycles. The molecule has 7 heteroatoms. The van der Waals surface area contributed by atoms with E-state index in [1.165, 1.54) is 0 Å². The number of pyridine rings is 1. The van der Waals surface area contributed by atoms with Crippen LogP contribution in [-0.4, -0.2) is 20.8 Å². The monoisotopic (exact) mass is 309 g/mol. The van der Waals surface area contributed by atoms with Gasteiger partial charge in [0.2, 0.25) is 0 Å². The summed E-state index contributed by atoms with van der Waals surface area (Å²) in [5.41, 5.74) is 1.44. The third-order valence-corrected chi connectivity index (χ3v) is 3.06. The first kappa shape index (κ1) is 12.6. The van der Waals surface area contributed by atoms with Crippen LogP contribution in [0.5, 0.6) is 0 Å². The van der Waals surface area contributed by atoms with Gasteiger partial charge in [-0.15, -0.1) is 0 Å².